The third kappa shape index (κ3) is 2.80. The summed E-state index contributed by atoms with van der Waals surface area (Å²) in [6, 6.07) is 0. The molecule has 4 fully saturated rings. The van der Waals surface area contributed by atoms with Crippen LogP contribution in [0.1, 0.15) is 51.4 Å². The Kier molecular flexibility index (Phi) is 3.47. The van der Waals surface area contributed by atoms with Crippen LogP contribution in [0.25, 0.3) is 0 Å². The number of carbonyl (C=O) groups excluding carboxylic acids is 1. The third-order valence-corrected chi connectivity index (χ3v) is 5.78. The van der Waals surface area contributed by atoms with Crippen LogP contribution in [0.2, 0.25) is 0 Å². The standard InChI is InChI=1S/C15H22ClNO3/c16-15-6-10-3-11(7-15)5-14(4-10,8-15)9-17-12(18)1-2-13(19)20/h10-11H,1-9H2,(H,17,18)(H,19,20). The number of carboxylic acids is 1. The van der Waals surface area contributed by atoms with Gasteiger partial charge in [-0.25, -0.2) is 0 Å². The Morgan fingerprint density at radius 1 is 1.15 bits per heavy atom. The summed E-state index contributed by atoms with van der Waals surface area (Å²) >= 11 is 6.75. The molecule has 4 aliphatic rings. The second kappa shape index (κ2) is 4.90. The predicted octanol–water partition coefficient (Wildman–Crippen LogP) is 2.55. The van der Waals surface area contributed by atoms with Crippen molar-refractivity contribution in [3.05, 3.63) is 0 Å². The van der Waals surface area contributed by atoms with Crippen molar-refractivity contribution in [3.8, 4) is 0 Å². The van der Waals surface area contributed by atoms with E-state index in [0.717, 1.165) is 31.1 Å². The first-order valence-electron chi connectivity index (χ1n) is 7.56. The second-order valence-electron chi connectivity index (χ2n) is 7.28. The van der Waals surface area contributed by atoms with Gasteiger partial charge in [-0.2, -0.15) is 0 Å². The fraction of sp³-hybridized carbons (Fsp3) is 0.867. The predicted molar refractivity (Wildman–Crippen MR) is 75.6 cm³/mol. The molecule has 4 rings (SSSR count). The number of carbonyl (C=O) groups is 2. The summed E-state index contributed by atoms with van der Waals surface area (Å²) < 4.78 is 0. The van der Waals surface area contributed by atoms with E-state index in [9.17, 15) is 9.59 Å². The zero-order valence-electron chi connectivity index (χ0n) is 11.7. The van der Waals surface area contributed by atoms with Crippen molar-refractivity contribution in [2.75, 3.05) is 6.54 Å². The Hall–Kier alpha value is -0.770. The van der Waals surface area contributed by atoms with Gasteiger partial charge < -0.3 is 10.4 Å². The van der Waals surface area contributed by atoms with Crippen LogP contribution in [0.5, 0.6) is 0 Å². The smallest absolute Gasteiger partial charge is 0.303 e. The molecular formula is C15H22ClNO3. The van der Waals surface area contributed by atoms with Crippen LogP contribution in [0.3, 0.4) is 0 Å². The molecule has 2 N–H and O–H groups in total. The van der Waals surface area contributed by atoms with Crippen molar-refractivity contribution >= 4 is 23.5 Å². The maximum Gasteiger partial charge on any atom is 0.303 e. The number of hydrogen-bond acceptors (Lipinski definition) is 2. The lowest BCUT2D eigenvalue weighted by molar-refractivity contribution is -0.139. The zero-order chi connectivity index (χ0) is 14.4. The van der Waals surface area contributed by atoms with Gasteiger partial charge in [-0.05, 0) is 55.8 Å². The van der Waals surface area contributed by atoms with Crippen molar-refractivity contribution < 1.29 is 14.7 Å². The van der Waals surface area contributed by atoms with E-state index in [4.69, 9.17) is 16.7 Å². The van der Waals surface area contributed by atoms with E-state index in [1.165, 1.54) is 19.3 Å². The minimum absolute atomic E-state index is 0.0319. The fourth-order valence-corrected chi connectivity index (χ4v) is 5.86. The van der Waals surface area contributed by atoms with Crippen LogP contribution < -0.4 is 5.32 Å². The number of amides is 1. The molecule has 1 amide bonds. The number of halogens is 1. The van der Waals surface area contributed by atoms with Crippen LogP contribution >= 0.6 is 11.6 Å². The van der Waals surface area contributed by atoms with Gasteiger partial charge >= 0.3 is 5.97 Å². The number of alkyl halides is 1. The van der Waals surface area contributed by atoms with Gasteiger partial charge in [0, 0.05) is 17.8 Å². The highest BCUT2D eigenvalue weighted by molar-refractivity contribution is 6.24. The Morgan fingerprint density at radius 2 is 1.80 bits per heavy atom. The minimum Gasteiger partial charge on any atom is -0.481 e. The largest absolute Gasteiger partial charge is 0.481 e. The average Bonchev–Trinajstić information content (AvgIpc) is 2.31. The summed E-state index contributed by atoms with van der Waals surface area (Å²) in [5.41, 5.74) is 0.171. The van der Waals surface area contributed by atoms with Crippen LogP contribution in [-0.4, -0.2) is 28.4 Å². The van der Waals surface area contributed by atoms with Gasteiger partial charge in [0.25, 0.3) is 0 Å². The number of hydrogen-bond donors (Lipinski definition) is 2. The molecule has 5 heteroatoms. The molecule has 4 aliphatic carbocycles. The monoisotopic (exact) mass is 299 g/mol. The van der Waals surface area contributed by atoms with Crippen molar-refractivity contribution in [3.63, 3.8) is 0 Å². The van der Waals surface area contributed by atoms with Gasteiger partial charge in [-0.1, -0.05) is 0 Å². The normalized spacial score (nSPS) is 41.6. The summed E-state index contributed by atoms with van der Waals surface area (Å²) in [5.74, 6) is 0.385. The lowest BCUT2D eigenvalue weighted by atomic mass is 9.49. The zero-order valence-corrected chi connectivity index (χ0v) is 12.4. The molecule has 0 aromatic rings. The van der Waals surface area contributed by atoms with Gasteiger partial charge in [-0.3, -0.25) is 9.59 Å². The topological polar surface area (TPSA) is 66.4 Å². The number of rotatable bonds is 5. The Labute approximate surface area is 124 Å². The molecule has 2 unspecified atom stereocenters. The van der Waals surface area contributed by atoms with Gasteiger partial charge in [0.1, 0.15) is 0 Å². The Morgan fingerprint density at radius 3 is 2.35 bits per heavy atom. The summed E-state index contributed by atoms with van der Waals surface area (Å²) in [5, 5.41) is 11.5. The summed E-state index contributed by atoms with van der Waals surface area (Å²) in [7, 11) is 0. The molecule has 4 bridgehead atoms. The van der Waals surface area contributed by atoms with Crippen molar-refractivity contribution in [1.29, 1.82) is 0 Å². The maximum absolute atomic E-state index is 11.7. The van der Waals surface area contributed by atoms with E-state index in [0.29, 0.717) is 6.54 Å². The van der Waals surface area contributed by atoms with E-state index in [1.807, 2.05) is 0 Å². The Bertz CT molecular complexity index is 423. The first-order chi connectivity index (χ1) is 9.38. The van der Waals surface area contributed by atoms with Crippen LogP contribution in [0.15, 0.2) is 0 Å². The van der Waals surface area contributed by atoms with E-state index < -0.39 is 5.97 Å². The molecule has 4 saturated carbocycles. The van der Waals surface area contributed by atoms with Gasteiger partial charge in [0.05, 0.1) is 6.42 Å². The summed E-state index contributed by atoms with van der Waals surface area (Å²) in [6.45, 7) is 0.674. The van der Waals surface area contributed by atoms with Crippen LogP contribution in [0, 0.1) is 17.3 Å². The van der Waals surface area contributed by atoms with Crippen LogP contribution in [0.4, 0.5) is 0 Å². The molecule has 20 heavy (non-hydrogen) atoms. The van der Waals surface area contributed by atoms with E-state index in [2.05, 4.69) is 5.32 Å². The van der Waals surface area contributed by atoms with E-state index in [-0.39, 0.29) is 29.0 Å². The fourth-order valence-electron chi connectivity index (χ4n) is 5.14. The lowest BCUT2D eigenvalue weighted by Gasteiger charge is -2.60. The second-order valence-corrected chi connectivity index (χ2v) is 8.08. The number of carboxylic acid groups (broad SMARTS) is 1. The molecule has 0 aliphatic heterocycles. The van der Waals surface area contributed by atoms with Crippen molar-refractivity contribution in [1.82, 2.24) is 5.32 Å². The average molecular weight is 300 g/mol. The molecule has 0 aromatic heterocycles. The van der Waals surface area contributed by atoms with Crippen molar-refractivity contribution in [2.45, 2.75) is 56.2 Å². The highest BCUT2D eigenvalue weighted by Crippen LogP contribution is 2.63. The van der Waals surface area contributed by atoms with Gasteiger partial charge in [0.2, 0.25) is 5.91 Å². The number of nitrogens with one attached hydrogen (secondary N) is 1. The van der Waals surface area contributed by atoms with E-state index in [1.54, 1.807) is 0 Å². The highest BCUT2D eigenvalue weighted by Gasteiger charge is 2.56. The summed E-state index contributed by atoms with van der Waals surface area (Å²) in [4.78, 5) is 22.2. The first-order valence-corrected chi connectivity index (χ1v) is 7.93. The molecule has 0 radical (unpaired) electrons. The minimum atomic E-state index is -0.922. The molecule has 0 saturated heterocycles. The molecule has 2 atom stereocenters. The SMILES string of the molecule is O=C(O)CCC(=O)NCC12CC3CC(CC(Cl)(C3)C1)C2. The summed E-state index contributed by atoms with van der Waals surface area (Å²) in [6.07, 6.45) is 6.93. The van der Waals surface area contributed by atoms with Crippen molar-refractivity contribution in [2.24, 2.45) is 17.3 Å². The molecule has 0 heterocycles. The van der Waals surface area contributed by atoms with Gasteiger partial charge in [-0.15, -0.1) is 11.6 Å². The molecule has 0 aromatic carbocycles. The third-order valence-electron chi connectivity index (χ3n) is 5.34. The molecule has 0 spiro atoms. The maximum atomic E-state index is 11.7. The highest BCUT2D eigenvalue weighted by atomic mass is 35.5. The van der Waals surface area contributed by atoms with E-state index >= 15 is 0 Å². The number of aliphatic carboxylic acids is 1. The van der Waals surface area contributed by atoms with Gasteiger partial charge in [0.15, 0.2) is 0 Å². The molecular weight excluding hydrogens is 278 g/mol. The molecule has 4 nitrogen and oxygen atoms in total. The first kappa shape index (κ1) is 14.2. The quantitative estimate of drug-likeness (QED) is 0.767. The lowest BCUT2D eigenvalue weighted by Crippen LogP contribution is -2.56. The van der Waals surface area contributed by atoms with Crippen LogP contribution in [-0.2, 0) is 9.59 Å². The Balaban J connectivity index is 1.57. The molecule has 112 valence electrons.